The van der Waals surface area contributed by atoms with Crippen LogP contribution in [0.5, 0.6) is 0 Å². The van der Waals surface area contributed by atoms with E-state index < -0.39 is 0 Å². The van der Waals surface area contributed by atoms with Crippen molar-refractivity contribution in [3.05, 3.63) is 0 Å². The molecule has 0 bridgehead atoms. The Morgan fingerprint density at radius 1 is 0.700 bits per heavy atom. The predicted molar refractivity (Wildman–Crippen MR) is 22.6 cm³/mol. The Morgan fingerprint density at radius 2 is 0.700 bits per heavy atom. The average molecular weight is 326 g/mol. The molecule has 0 saturated carbocycles. The maximum absolute atomic E-state index is 6.88. The zero-order chi connectivity index (χ0) is 8.12. The molecule has 10 heavy (non-hydrogen) atoms. The number of rotatable bonds is 0. The second-order valence-electron chi connectivity index (χ2n) is 0.300. The van der Waals surface area contributed by atoms with E-state index in [1.54, 1.807) is 0 Å². The largest absolute Gasteiger partial charge is 0.443 e. The summed E-state index contributed by atoms with van der Waals surface area (Å²) < 4.78 is 0. The quantitative estimate of drug-likeness (QED) is 0.407. The monoisotopic (exact) mass is 326 g/mol. The first-order chi connectivity index (χ1) is 4.24. The van der Waals surface area contributed by atoms with Crippen LogP contribution >= 0.6 is 0 Å². The van der Waals surface area contributed by atoms with Gasteiger partial charge in [-0.3, -0.25) is 0 Å². The Morgan fingerprint density at radius 3 is 0.700 bits per heavy atom. The molecule has 0 saturated heterocycles. The van der Waals surface area contributed by atoms with Crippen LogP contribution in [0.4, 0.5) is 0 Å². The van der Waals surface area contributed by atoms with Crippen LogP contribution in [0.3, 0.4) is 0 Å². The molecule has 0 aliphatic carbocycles. The smallest absolute Gasteiger partial charge is 0.283 e. The molecule has 0 spiro atoms. The topological polar surface area (TPSA) is 132 Å². The van der Waals surface area contributed by atoms with Gasteiger partial charge in [0.25, 0.3) is 18.8 Å². The zero-order valence-electron chi connectivity index (χ0n) is 4.48. The van der Waals surface area contributed by atoms with E-state index in [1.165, 1.54) is 0 Å². The normalized spacial score (nSPS) is 2.10. The number of aliphatic hydroxyl groups excluding tert-OH is 3. The molecule has 7 heteroatoms. The standard InChI is InChI=1S/3CHNO.Au/c3*2-1-3;/h3*3H;. The van der Waals surface area contributed by atoms with Crippen LogP contribution < -0.4 is 0 Å². The molecule has 0 aliphatic heterocycles. The number of nitriles is 3. The molecule has 1 radical (unpaired) electrons. The van der Waals surface area contributed by atoms with E-state index in [-0.39, 0.29) is 22.4 Å². The molecule has 0 aromatic rings. The minimum absolute atomic E-state index is 0. The maximum Gasteiger partial charge on any atom is 0.283 e. The molecule has 0 aromatic carbocycles. The summed E-state index contributed by atoms with van der Waals surface area (Å²) in [4.78, 5) is 0. The molecule has 0 amide bonds. The number of aliphatic hydroxyl groups is 3. The van der Waals surface area contributed by atoms with Crippen LogP contribution in [-0.2, 0) is 22.4 Å². The van der Waals surface area contributed by atoms with E-state index in [4.69, 9.17) is 31.1 Å². The molecule has 0 rings (SSSR count). The summed E-state index contributed by atoms with van der Waals surface area (Å²) in [6, 6.07) is 0. The summed E-state index contributed by atoms with van der Waals surface area (Å²) in [5.41, 5.74) is 0. The van der Waals surface area contributed by atoms with Gasteiger partial charge in [-0.2, -0.15) is 15.8 Å². The van der Waals surface area contributed by atoms with Crippen molar-refractivity contribution in [3.63, 3.8) is 0 Å². The second kappa shape index (κ2) is 128. The summed E-state index contributed by atoms with van der Waals surface area (Å²) in [5, 5.41) is 41.2. The molecule has 0 atom stereocenters. The first-order valence-corrected chi connectivity index (χ1v) is 1.34. The molecular formula is C3H3AuN3O3. The molecule has 0 fully saturated rings. The van der Waals surface area contributed by atoms with E-state index in [9.17, 15) is 0 Å². The summed E-state index contributed by atoms with van der Waals surface area (Å²) >= 11 is 0. The van der Waals surface area contributed by atoms with Crippen LogP contribution in [0.25, 0.3) is 0 Å². The van der Waals surface area contributed by atoms with Gasteiger partial charge in [0.15, 0.2) is 0 Å². The fourth-order valence-corrected chi connectivity index (χ4v) is 0. The van der Waals surface area contributed by atoms with Gasteiger partial charge < -0.3 is 15.3 Å². The first-order valence-electron chi connectivity index (χ1n) is 1.34. The molecule has 3 N–H and O–H groups in total. The molecule has 0 aromatic heterocycles. The third-order valence-electron chi connectivity index (χ3n) is 0. The van der Waals surface area contributed by atoms with Crippen molar-refractivity contribution in [3.8, 4) is 18.8 Å². The fraction of sp³-hybridized carbons (Fsp3) is 0. The Bertz CT molecular complexity index is 112. The van der Waals surface area contributed by atoms with Gasteiger partial charge in [-0.1, -0.05) is 0 Å². The average Bonchev–Trinajstić information content (AvgIpc) is 1.70. The summed E-state index contributed by atoms with van der Waals surface area (Å²) in [5.74, 6) is 0. The van der Waals surface area contributed by atoms with Gasteiger partial charge >= 0.3 is 0 Å². The second-order valence-corrected chi connectivity index (χ2v) is 0.300. The molecule has 0 heterocycles. The van der Waals surface area contributed by atoms with Gasteiger partial charge in [-0.05, 0) is 0 Å². The van der Waals surface area contributed by atoms with Gasteiger partial charge in [0.05, 0.1) is 0 Å². The van der Waals surface area contributed by atoms with Crippen molar-refractivity contribution in [2.75, 3.05) is 0 Å². The Balaban J connectivity index is -0.0000000257. The molecule has 59 valence electrons. The maximum atomic E-state index is 6.88. The van der Waals surface area contributed by atoms with Crippen molar-refractivity contribution in [2.24, 2.45) is 0 Å². The number of hydrogen-bond acceptors (Lipinski definition) is 6. The third kappa shape index (κ3) is 108. The van der Waals surface area contributed by atoms with Crippen LogP contribution in [-0.4, -0.2) is 15.3 Å². The van der Waals surface area contributed by atoms with Gasteiger partial charge in [0.1, 0.15) is 0 Å². The van der Waals surface area contributed by atoms with Crippen molar-refractivity contribution < 1.29 is 37.7 Å². The zero-order valence-corrected chi connectivity index (χ0v) is 6.65. The van der Waals surface area contributed by atoms with Gasteiger partial charge in [-0.25, -0.2) is 0 Å². The van der Waals surface area contributed by atoms with E-state index >= 15 is 0 Å². The van der Waals surface area contributed by atoms with Crippen molar-refractivity contribution in [1.29, 1.82) is 15.8 Å². The van der Waals surface area contributed by atoms with Crippen LogP contribution in [0, 0.1) is 34.6 Å². The minimum Gasteiger partial charge on any atom is -0.443 e. The Hall–Kier alpha value is -1.39. The SMILES string of the molecule is N#CO.N#CO.N#CO.[Au]. The molecule has 0 aliphatic rings. The van der Waals surface area contributed by atoms with E-state index in [2.05, 4.69) is 0 Å². The van der Waals surface area contributed by atoms with Crippen LogP contribution in [0.15, 0.2) is 0 Å². The van der Waals surface area contributed by atoms with Crippen molar-refractivity contribution >= 4 is 0 Å². The van der Waals surface area contributed by atoms with E-state index in [0.717, 1.165) is 18.8 Å². The third-order valence-corrected chi connectivity index (χ3v) is 0. The predicted octanol–water partition coefficient (Wildman–Crippen LogP) is -0.483. The molecule has 0 unspecified atom stereocenters. The fourth-order valence-electron chi connectivity index (χ4n) is 0. The van der Waals surface area contributed by atoms with Gasteiger partial charge in [0, 0.05) is 22.4 Å². The van der Waals surface area contributed by atoms with E-state index in [1.807, 2.05) is 0 Å². The van der Waals surface area contributed by atoms with E-state index in [0.29, 0.717) is 0 Å². The summed E-state index contributed by atoms with van der Waals surface area (Å²) in [6.07, 6.45) is 2.25. The minimum atomic E-state index is 0. The van der Waals surface area contributed by atoms with Crippen molar-refractivity contribution in [1.82, 2.24) is 0 Å². The Kier molecular flexibility index (Phi) is 301. The molecule has 6 nitrogen and oxygen atoms in total. The van der Waals surface area contributed by atoms with Crippen LogP contribution in [0.2, 0.25) is 0 Å². The van der Waals surface area contributed by atoms with Gasteiger partial charge in [0.2, 0.25) is 0 Å². The van der Waals surface area contributed by atoms with Crippen molar-refractivity contribution in [2.45, 2.75) is 0 Å². The summed E-state index contributed by atoms with van der Waals surface area (Å²) in [6.45, 7) is 0. The van der Waals surface area contributed by atoms with Crippen LogP contribution in [0.1, 0.15) is 0 Å². The Labute approximate surface area is 72.7 Å². The number of nitrogens with zero attached hydrogens (tertiary/aromatic N) is 3. The summed E-state index contributed by atoms with van der Waals surface area (Å²) in [7, 11) is 0. The number of hydrogen-bond donors (Lipinski definition) is 3. The first kappa shape index (κ1) is 23.5. The van der Waals surface area contributed by atoms with Gasteiger partial charge in [-0.15, -0.1) is 0 Å². The molecular weight excluding hydrogens is 323 g/mol.